The Morgan fingerprint density at radius 1 is 1.19 bits per heavy atom. The fourth-order valence-corrected chi connectivity index (χ4v) is 4.05. The first-order valence-corrected chi connectivity index (χ1v) is 10.2. The van der Waals surface area contributed by atoms with Gasteiger partial charge in [0.15, 0.2) is 5.82 Å². The molecule has 8 heteroatoms. The number of likely N-dealkylation sites (tertiary alicyclic amines) is 1. The van der Waals surface area contributed by atoms with Crippen LogP contribution in [-0.2, 0) is 13.1 Å². The first-order chi connectivity index (χ1) is 12.6. The minimum Gasteiger partial charge on any atom is -0.353 e. The lowest BCUT2D eigenvalue weighted by Crippen LogP contribution is -2.36. The molecular formula is C18H26N6OS. The highest BCUT2D eigenvalue weighted by Crippen LogP contribution is 2.38. The van der Waals surface area contributed by atoms with E-state index >= 15 is 0 Å². The summed E-state index contributed by atoms with van der Waals surface area (Å²) in [5.41, 5.74) is 1.12. The van der Waals surface area contributed by atoms with Crippen LogP contribution >= 0.6 is 11.5 Å². The van der Waals surface area contributed by atoms with Crippen molar-refractivity contribution in [2.45, 2.75) is 44.7 Å². The predicted molar refractivity (Wildman–Crippen MR) is 103 cm³/mol. The van der Waals surface area contributed by atoms with E-state index in [0.29, 0.717) is 11.8 Å². The lowest BCUT2D eigenvalue weighted by atomic mass is 9.97. The number of piperidine rings is 1. The third-order valence-electron chi connectivity index (χ3n) is 5.23. The molecule has 0 atom stereocenters. The number of hydrogen-bond acceptors (Lipinski definition) is 7. The van der Waals surface area contributed by atoms with E-state index in [2.05, 4.69) is 19.4 Å². The number of anilines is 1. The van der Waals surface area contributed by atoms with E-state index in [1.54, 1.807) is 10.7 Å². The van der Waals surface area contributed by atoms with Gasteiger partial charge in [-0.1, -0.05) is 0 Å². The molecular weight excluding hydrogens is 348 g/mol. The van der Waals surface area contributed by atoms with Crippen LogP contribution < -0.4 is 10.5 Å². The molecule has 0 amide bonds. The van der Waals surface area contributed by atoms with Gasteiger partial charge in [0.25, 0.3) is 5.56 Å². The maximum atomic E-state index is 12.1. The van der Waals surface area contributed by atoms with Crippen LogP contribution in [0.15, 0.2) is 16.9 Å². The monoisotopic (exact) mass is 374 g/mol. The third kappa shape index (κ3) is 4.12. The molecule has 140 valence electrons. The fourth-order valence-electron chi connectivity index (χ4n) is 3.45. The minimum absolute atomic E-state index is 0.0275. The second kappa shape index (κ2) is 7.44. The molecule has 1 aliphatic carbocycles. The zero-order chi connectivity index (χ0) is 18.1. The average molecular weight is 375 g/mol. The summed E-state index contributed by atoms with van der Waals surface area (Å²) in [5.74, 6) is 2.01. The van der Waals surface area contributed by atoms with Gasteiger partial charge in [0.1, 0.15) is 0 Å². The average Bonchev–Trinajstić information content (AvgIpc) is 3.37. The quantitative estimate of drug-likeness (QED) is 0.770. The van der Waals surface area contributed by atoms with Crippen LogP contribution in [0.4, 0.5) is 5.13 Å². The lowest BCUT2D eigenvalue weighted by Gasteiger charge is -2.31. The number of aromatic nitrogens is 4. The van der Waals surface area contributed by atoms with E-state index in [4.69, 9.17) is 0 Å². The Labute approximate surface area is 157 Å². The molecule has 0 spiro atoms. The fraction of sp³-hybridized carbons (Fsp3) is 0.667. The van der Waals surface area contributed by atoms with Crippen molar-refractivity contribution < 1.29 is 0 Å². The second-order valence-corrected chi connectivity index (χ2v) is 8.39. The third-order valence-corrected chi connectivity index (χ3v) is 6.15. The van der Waals surface area contributed by atoms with E-state index in [1.807, 2.05) is 25.1 Å². The van der Waals surface area contributed by atoms with Crippen molar-refractivity contribution in [3.63, 3.8) is 0 Å². The molecule has 0 aromatic carbocycles. The van der Waals surface area contributed by atoms with Gasteiger partial charge in [0, 0.05) is 44.2 Å². The summed E-state index contributed by atoms with van der Waals surface area (Å²) in [6.45, 7) is 3.61. The summed E-state index contributed by atoms with van der Waals surface area (Å²) >= 11 is 1.45. The van der Waals surface area contributed by atoms with Crippen molar-refractivity contribution in [2.24, 2.45) is 5.92 Å². The van der Waals surface area contributed by atoms with E-state index in [9.17, 15) is 4.79 Å². The van der Waals surface area contributed by atoms with Crippen LogP contribution in [0, 0.1) is 5.92 Å². The summed E-state index contributed by atoms with van der Waals surface area (Å²) in [4.78, 5) is 21.1. The van der Waals surface area contributed by atoms with Crippen molar-refractivity contribution >= 4 is 16.7 Å². The molecule has 26 heavy (non-hydrogen) atoms. The van der Waals surface area contributed by atoms with Crippen LogP contribution in [-0.4, -0.2) is 51.2 Å². The van der Waals surface area contributed by atoms with Gasteiger partial charge in [-0.25, -0.2) is 9.67 Å². The van der Waals surface area contributed by atoms with E-state index in [1.165, 1.54) is 24.4 Å². The smallest absolute Gasteiger partial charge is 0.266 e. The molecule has 0 N–H and O–H groups in total. The molecule has 2 aliphatic rings. The zero-order valence-corrected chi connectivity index (χ0v) is 16.3. The van der Waals surface area contributed by atoms with Crippen LogP contribution in [0.3, 0.4) is 0 Å². The van der Waals surface area contributed by atoms with Crippen molar-refractivity contribution in [1.29, 1.82) is 0 Å². The maximum Gasteiger partial charge on any atom is 0.266 e. The van der Waals surface area contributed by atoms with E-state index in [-0.39, 0.29) is 5.56 Å². The number of rotatable bonds is 6. The van der Waals surface area contributed by atoms with Crippen LogP contribution in [0.1, 0.15) is 43.1 Å². The molecule has 0 bridgehead atoms. The van der Waals surface area contributed by atoms with Gasteiger partial charge < -0.3 is 4.90 Å². The molecule has 2 fully saturated rings. The number of nitrogens with zero attached hydrogens (tertiary/aromatic N) is 6. The van der Waals surface area contributed by atoms with E-state index in [0.717, 1.165) is 55.7 Å². The Bertz CT molecular complexity index is 804. The molecule has 3 heterocycles. The topological polar surface area (TPSA) is 67.2 Å². The van der Waals surface area contributed by atoms with Crippen LogP contribution in [0.2, 0.25) is 0 Å². The van der Waals surface area contributed by atoms with Gasteiger partial charge in [-0.15, -0.1) is 0 Å². The van der Waals surface area contributed by atoms with Gasteiger partial charge in [-0.3, -0.25) is 9.69 Å². The molecule has 4 rings (SSSR count). The molecule has 0 unspecified atom stereocenters. The molecule has 2 aromatic rings. The molecule has 1 saturated carbocycles. The van der Waals surface area contributed by atoms with Crippen molar-refractivity contribution in [3.8, 4) is 0 Å². The highest BCUT2D eigenvalue weighted by molar-refractivity contribution is 7.09. The number of hydrogen-bond donors (Lipinski definition) is 0. The normalized spacial score (nSPS) is 19.0. The Morgan fingerprint density at radius 3 is 2.62 bits per heavy atom. The summed E-state index contributed by atoms with van der Waals surface area (Å²) < 4.78 is 6.15. The van der Waals surface area contributed by atoms with Gasteiger partial charge in [-0.05, 0) is 50.8 Å². The first kappa shape index (κ1) is 17.6. The van der Waals surface area contributed by atoms with Gasteiger partial charge in [0.2, 0.25) is 5.13 Å². The summed E-state index contributed by atoms with van der Waals surface area (Å²) in [7, 11) is 3.98. The van der Waals surface area contributed by atoms with Crippen molar-refractivity contribution in [2.75, 3.05) is 32.1 Å². The minimum atomic E-state index is 0.0275. The zero-order valence-electron chi connectivity index (χ0n) is 15.5. The lowest BCUT2D eigenvalue weighted by molar-refractivity contribution is 0.160. The van der Waals surface area contributed by atoms with Crippen LogP contribution in [0.25, 0.3) is 0 Å². The Balaban J connectivity index is 1.31. The summed E-state index contributed by atoms with van der Waals surface area (Å²) in [6, 6.07) is 3.59. The molecule has 7 nitrogen and oxygen atoms in total. The van der Waals surface area contributed by atoms with E-state index < -0.39 is 0 Å². The standard InChI is InChI=1S/C18H26N6OS/c1-22(2)18-19-16(21-26-18)12-23-9-7-13(8-10-23)11-24-17(25)6-5-15(20-24)14-3-4-14/h5-6,13-14H,3-4,7-12H2,1-2H3. The predicted octanol–water partition coefficient (Wildman–Crippen LogP) is 1.95. The van der Waals surface area contributed by atoms with Crippen molar-refractivity contribution in [1.82, 2.24) is 24.0 Å². The second-order valence-electron chi connectivity index (χ2n) is 7.66. The van der Waals surface area contributed by atoms with Gasteiger partial charge in [0.05, 0.1) is 12.2 Å². The molecule has 0 radical (unpaired) electrons. The highest BCUT2D eigenvalue weighted by atomic mass is 32.1. The molecule has 1 saturated heterocycles. The van der Waals surface area contributed by atoms with Crippen molar-refractivity contribution in [3.05, 3.63) is 34.0 Å². The van der Waals surface area contributed by atoms with Gasteiger partial charge in [-0.2, -0.15) is 9.47 Å². The first-order valence-electron chi connectivity index (χ1n) is 9.39. The molecule has 1 aliphatic heterocycles. The van der Waals surface area contributed by atoms with Gasteiger partial charge >= 0.3 is 0 Å². The molecule has 2 aromatic heterocycles. The summed E-state index contributed by atoms with van der Waals surface area (Å²) in [5, 5.41) is 5.56. The SMILES string of the molecule is CN(C)c1nc(CN2CCC(Cn3nc(C4CC4)ccc3=O)CC2)ns1. The largest absolute Gasteiger partial charge is 0.353 e. The Hall–Kier alpha value is -1.80. The Morgan fingerprint density at radius 2 is 1.96 bits per heavy atom. The highest BCUT2D eigenvalue weighted by Gasteiger charge is 2.26. The van der Waals surface area contributed by atoms with Crippen LogP contribution in [0.5, 0.6) is 0 Å². The maximum absolute atomic E-state index is 12.1. The summed E-state index contributed by atoms with van der Waals surface area (Å²) in [6.07, 6.45) is 4.60. The Kier molecular flexibility index (Phi) is 5.04.